The van der Waals surface area contributed by atoms with E-state index < -0.39 is 0 Å². The Morgan fingerprint density at radius 3 is 1.69 bits per heavy atom. The summed E-state index contributed by atoms with van der Waals surface area (Å²) in [5.41, 5.74) is 0. The third-order valence-corrected chi connectivity index (χ3v) is 2.60. The van der Waals surface area contributed by atoms with Gasteiger partial charge in [-0.1, -0.05) is 0 Å². The van der Waals surface area contributed by atoms with E-state index in [0.717, 1.165) is 13.2 Å². The Bertz CT molecular complexity index is 161. The van der Waals surface area contributed by atoms with Gasteiger partial charge in [-0.25, -0.2) is 0 Å². The first kappa shape index (κ1) is 15.9. The molecule has 0 saturated heterocycles. The van der Waals surface area contributed by atoms with Crippen molar-refractivity contribution in [2.24, 2.45) is 0 Å². The summed E-state index contributed by atoms with van der Waals surface area (Å²) >= 11 is 0. The maximum atomic E-state index is 5.72. The molecule has 1 unspecified atom stereocenters. The van der Waals surface area contributed by atoms with Crippen LogP contribution in [0.25, 0.3) is 0 Å². The molecule has 98 valence electrons. The zero-order valence-electron chi connectivity index (χ0n) is 12.0. The summed E-state index contributed by atoms with van der Waals surface area (Å²) in [7, 11) is 1.75. The van der Waals surface area contributed by atoms with Crippen LogP contribution in [-0.4, -0.2) is 49.5 Å². The van der Waals surface area contributed by atoms with Crippen molar-refractivity contribution in [3.63, 3.8) is 0 Å². The Labute approximate surface area is 101 Å². The van der Waals surface area contributed by atoms with Crippen LogP contribution < -0.4 is 0 Å². The molecule has 0 aromatic rings. The Kier molecular flexibility index (Phi) is 7.98. The summed E-state index contributed by atoms with van der Waals surface area (Å²) in [6.45, 7) is 14.5. The summed E-state index contributed by atoms with van der Waals surface area (Å²) in [5.74, 6) is 0. The number of methoxy groups -OCH3 is 1. The van der Waals surface area contributed by atoms with Crippen molar-refractivity contribution in [1.29, 1.82) is 0 Å². The summed E-state index contributed by atoms with van der Waals surface area (Å²) in [6.07, 6.45) is 0.278. The van der Waals surface area contributed by atoms with Crippen LogP contribution in [-0.2, 0) is 9.47 Å². The van der Waals surface area contributed by atoms with Crippen LogP contribution in [0.3, 0.4) is 0 Å². The topological polar surface area (TPSA) is 21.7 Å². The van der Waals surface area contributed by atoms with Crippen LogP contribution in [0.15, 0.2) is 0 Å². The molecular weight excluding hydrogens is 202 g/mol. The predicted molar refractivity (Wildman–Crippen MR) is 68.9 cm³/mol. The van der Waals surface area contributed by atoms with E-state index in [9.17, 15) is 0 Å². The molecular formula is C13H29NO2. The number of nitrogens with zero attached hydrogens (tertiary/aromatic N) is 1. The van der Waals surface area contributed by atoms with Crippen molar-refractivity contribution >= 4 is 0 Å². The number of hydrogen-bond acceptors (Lipinski definition) is 3. The van der Waals surface area contributed by atoms with Gasteiger partial charge in [0.2, 0.25) is 0 Å². The van der Waals surface area contributed by atoms with Gasteiger partial charge in [-0.2, -0.15) is 0 Å². The van der Waals surface area contributed by atoms with Gasteiger partial charge in [0.05, 0.1) is 25.4 Å². The Balaban J connectivity index is 4.44. The van der Waals surface area contributed by atoms with Crippen molar-refractivity contribution in [3.05, 3.63) is 0 Å². The van der Waals surface area contributed by atoms with Gasteiger partial charge in [-0.05, 0) is 41.5 Å². The second kappa shape index (κ2) is 8.04. The van der Waals surface area contributed by atoms with Gasteiger partial charge in [0, 0.05) is 19.2 Å². The van der Waals surface area contributed by atoms with E-state index in [1.54, 1.807) is 7.11 Å². The zero-order valence-corrected chi connectivity index (χ0v) is 12.0. The summed E-state index contributed by atoms with van der Waals surface area (Å²) in [6, 6.07) is 1.36. The van der Waals surface area contributed by atoms with Gasteiger partial charge in [0.15, 0.2) is 0 Å². The van der Waals surface area contributed by atoms with Crippen LogP contribution in [0.5, 0.6) is 0 Å². The van der Waals surface area contributed by atoms with Gasteiger partial charge >= 0.3 is 0 Å². The lowest BCUT2D eigenvalue weighted by atomic mass is 10.1. The third-order valence-electron chi connectivity index (χ3n) is 2.60. The first-order valence-corrected chi connectivity index (χ1v) is 6.28. The predicted octanol–water partition coefficient (Wildman–Crippen LogP) is 2.55. The highest BCUT2D eigenvalue weighted by Crippen LogP contribution is 2.12. The Morgan fingerprint density at radius 1 is 0.875 bits per heavy atom. The molecule has 0 aromatic carbocycles. The molecule has 16 heavy (non-hydrogen) atoms. The monoisotopic (exact) mass is 231 g/mol. The van der Waals surface area contributed by atoms with E-state index in [-0.39, 0.29) is 6.10 Å². The molecule has 3 nitrogen and oxygen atoms in total. The highest BCUT2D eigenvalue weighted by molar-refractivity contribution is 4.77. The van der Waals surface area contributed by atoms with E-state index in [4.69, 9.17) is 9.47 Å². The normalized spacial score (nSPS) is 14.4. The van der Waals surface area contributed by atoms with Crippen LogP contribution in [0.2, 0.25) is 0 Å². The number of rotatable bonds is 8. The van der Waals surface area contributed by atoms with Gasteiger partial charge in [0.1, 0.15) is 0 Å². The molecule has 0 bridgehead atoms. The third kappa shape index (κ3) is 5.83. The van der Waals surface area contributed by atoms with Crippen LogP contribution in [0, 0.1) is 0 Å². The van der Waals surface area contributed by atoms with E-state index in [2.05, 4.69) is 46.4 Å². The first-order valence-electron chi connectivity index (χ1n) is 6.28. The van der Waals surface area contributed by atoms with E-state index in [1.165, 1.54) is 0 Å². The van der Waals surface area contributed by atoms with Crippen molar-refractivity contribution < 1.29 is 9.47 Å². The lowest BCUT2D eigenvalue weighted by Crippen LogP contribution is -2.49. The van der Waals surface area contributed by atoms with Crippen molar-refractivity contribution in [1.82, 2.24) is 4.90 Å². The maximum Gasteiger partial charge on any atom is 0.0647 e. The second-order valence-corrected chi connectivity index (χ2v) is 5.13. The lowest BCUT2D eigenvalue weighted by Gasteiger charge is -2.38. The van der Waals surface area contributed by atoms with E-state index in [1.807, 2.05) is 0 Å². The molecule has 0 amide bonds. The average molecular weight is 231 g/mol. The Morgan fingerprint density at radius 2 is 1.38 bits per heavy atom. The molecule has 3 heteroatoms. The van der Waals surface area contributed by atoms with Crippen LogP contribution in [0.1, 0.15) is 41.5 Å². The quantitative estimate of drug-likeness (QED) is 0.641. The molecule has 0 saturated carbocycles. The minimum atomic E-state index is 0.278. The summed E-state index contributed by atoms with van der Waals surface area (Å²) in [4.78, 5) is 2.45. The molecule has 0 fully saturated rings. The largest absolute Gasteiger partial charge is 0.383 e. The highest BCUT2D eigenvalue weighted by atomic mass is 16.5. The van der Waals surface area contributed by atoms with Gasteiger partial charge in [-0.3, -0.25) is 4.90 Å². The molecule has 1 atom stereocenters. The molecule has 0 rings (SSSR count). The minimum Gasteiger partial charge on any atom is -0.383 e. The van der Waals surface area contributed by atoms with E-state index in [0.29, 0.717) is 18.1 Å². The summed E-state index contributed by atoms with van der Waals surface area (Å²) in [5, 5.41) is 0. The Hall–Kier alpha value is -0.120. The minimum absolute atomic E-state index is 0.278. The number of hydrogen-bond donors (Lipinski definition) is 0. The van der Waals surface area contributed by atoms with E-state index >= 15 is 0 Å². The van der Waals surface area contributed by atoms with Crippen LogP contribution >= 0.6 is 0 Å². The molecule has 0 aliphatic carbocycles. The molecule has 0 spiro atoms. The fourth-order valence-electron chi connectivity index (χ4n) is 2.16. The fraction of sp³-hybridized carbons (Fsp3) is 1.00. The molecule has 0 radical (unpaired) electrons. The van der Waals surface area contributed by atoms with Crippen molar-refractivity contribution in [3.8, 4) is 0 Å². The maximum absolute atomic E-state index is 5.72. The fourth-order valence-corrected chi connectivity index (χ4v) is 2.16. The van der Waals surface area contributed by atoms with Crippen molar-refractivity contribution in [2.45, 2.75) is 65.8 Å². The van der Waals surface area contributed by atoms with Crippen LogP contribution in [0.4, 0.5) is 0 Å². The highest BCUT2D eigenvalue weighted by Gasteiger charge is 2.24. The average Bonchev–Trinajstić information content (AvgIpc) is 2.13. The van der Waals surface area contributed by atoms with Gasteiger partial charge < -0.3 is 9.47 Å². The molecule has 0 aliphatic heterocycles. The second-order valence-electron chi connectivity index (χ2n) is 5.13. The molecule has 0 aliphatic rings. The zero-order chi connectivity index (χ0) is 12.7. The number of ether oxygens (including phenoxy) is 2. The van der Waals surface area contributed by atoms with Crippen molar-refractivity contribution in [2.75, 3.05) is 20.3 Å². The molecule has 0 heterocycles. The molecule has 0 aromatic heterocycles. The summed E-state index contributed by atoms with van der Waals surface area (Å²) < 4.78 is 11.0. The van der Waals surface area contributed by atoms with Gasteiger partial charge in [-0.15, -0.1) is 0 Å². The standard InChI is InChI=1S/C13H29NO2/c1-10(2)14(11(3)4)13(8-15-7)9-16-12(5)6/h10-13H,8-9H2,1-7H3. The smallest absolute Gasteiger partial charge is 0.0647 e. The van der Waals surface area contributed by atoms with Gasteiger partial charge in [0.25, 0.3) is 0 Å². The molecule has 0 N–H and O–H groups in total. The lowest BCUT2D eigenvalue weighted by molar-refractivity contribution is -0.0258. The first-order chi connectivity index (χ1) is 7.40. The SMILES string of the molecule is COCC(COC(C)C)N(C(C)C)C(C)C.